The van der Waals surface area contributed by atoms with Gasteiger partial charge in [-0.05, 0) is 54.1 Å². The lowest BCUT2D eigenvalue weighted by molar-refractivity contribution is -0.138. The highest BCUT2D eigenvalue weighted by Gasteiger charge is 2.64. The second-order valence-electron chi connectivity index (χ2n) is 10.5. The Morgan fingerprint density at radius 3 is 2.58 bits per heavy atom. The number of aryl methyl sites for hydroxylation is 2. The largest absolute Gasteiger partial charge is 0.364 e. The summed E-state index contributed by atoms with van der Waals surface area (Å²) in [7, 11) is 0. The third kappa shape index (κ3) is 4.47. The number of nitrogens with zero attached hydrogens (tertiary/aromatic N) is 8. The van der Waals surface area contributed by atoms with Crippen LogP contribution < -0.4 is 11.1 Å². The molecule has 40 heavy (non-hydrogen) atoms. The average molecular weight is 605 g/mol. The first-order chi connectivity index (χ1) is 19.0. The van der Waals surface area contributed by atoms with Crippen molar-refractivity contribution in [2.45, 2.75) is 52.2 Å². The summed E-state index contributed by atoms with van der Waals surface area (Å²) in [5.74, 6) is -0.437. The molecule has 14 heteroatoms. The highest BCUT2D eigenvalue weighted by molar-refractivity contribution is 9.10. The number of hydrogen-bond donors (Lipinski definition) is 2. The van der Waals surface area contributed by atoms with Gasteiger partial charge in [-0.3, -0.25) is 29.0 Å². The van der Waals surface area contributed by atoms with Crippen LogP contribution in [0, 0.1) is 19.3 Å². The summed E-state index contributed by atoms with van der Waals surface area (Å²) in [6.07, 6.45) is 7.61. The lowest BCUT2D eigenvalue weighted by Gasteiger charge is -2.26. The number of pyridine rings is 1. The molecule has 3 N–H and O–H groups in total. The number of fused-ring (bicyclic) bond motifs is 2. The van der Waals surface area contributed by atoms with Gasteiger partial charge in [0.25, 0.3) is 5.91 Å². The molecule has 0 bridgehead atoms. The molecule has 0 spiro atoms. The summed E-state index contributed by atoms with van der Waals surface area (Å²) < 4.78 is 1.93. The average Bonchev–Trinajstić information content (AvgIpc) is 3.25. The van der Waals surface area contributed by atoms with E-state index in [1.807, 2.05) is 0 Å². The molecule has 4 aromatic heterocycles. The molecule has 1 saturated heterocycles. The zero-order valence-corrected chi connectivity index (χ0v) is 23.5. The predicted molar refractivity (Wildman–Crippen MR) is 147 cm³/mol. The maximum atomic E-state index is 13.8. The number of likely N-dealkylation sites (tertiary alicyclic amines) is 1. The molecule has 5 heterocycles. The monoisotopic (exact) mass is 604 g/mol. The quantitative estimate of drug-likeness (QED) is 0.334. The van der Waals surface area contributed by atoms with Gasteiger partial charge < -0.3 is 16.0 Å². The molecule has 0 unspecified atom stereocenters. The van der Waals surface area contributed by atoms with Crippen LogP contribution in [-0.2, 0) is 16.1 Å². The van der Waals surface area contributed by atoms with Crippen molar-refractivity contribution < 1.29 is 14.4 Å². The number of anilines is 1. The predicted octanol–water partition coefficient (Wildman–Crippen LogP) is 2.17. The Morgan fingerprint density at radius 1 is 1.12 bits per heavy atom. The van der Waals surface area contributed by atoms with Crippen LogP contribution in [0.3, 0.4) is 0 Å². The van der Waals surface area contributed by atoms with Gasteiger partial charge in [0.1, 0.15) is 23.0 Å². The molecule has 2 fully saturated rings. The third-order valence-corrected chi connectivity index (χ3v) is 7.96. The van der Waals surface area contributed by atoms with Crippen molar-refractivity contribution in [3.63, 3.8) is 0 Å². The Hall–Kier alpha value is -4.33. The minimum Gasteiger partial charge on any atom is -0.364 e. The van der Waals surface area contributed by atoms with Crippen LogP contribution in [0.5, 0.6) is 0 Å². The summed E-state index contributed by atoms with van der Waals surface area (Å²) in [6, 6.07) is 0.962. The molecule has 204 valence electrons. The van der Waals surface area contributed by atoms with Crippen LogP contribution in [0.1, 0.15) is 41.8 Å². The highest BCUT2D eigenvalue weighted by atomic mass is 79.9. The minimum atomic E-state index is -0.726. The maximum Gasteiger partial charge on any atom is 0.269 e. The molecule has 1 saturated carbocycles. The lowest BCUT2D eigenvalue weighted by atomic mass is 10.0. The van der Waals surface area contributed by atoms with Gasteiger partial charge in [0.2, 0.25) is 11.8 Å². The number of carbonyl (C=O) groups is 3. The standard InChI is InChI=1S/C26H25BrN10O3/c1-12-23-15(4-16(32-12)14-7-30-13(2)31-8-14)22(24(28)39)35-36(23)11-21(38)37-17(5-26(3)6-18(26)37)25(40)34-20-10-29-9-19(27)33-20/h4,7-10,17-18H,5-6,11H2,1-3H3,(H2,28,39)(H,33,34,40)/t17-,18+,26-/m0/s1. The van der Waals surface area contributed by atoms with Crippen molar-refractivity contribution in [2.24, 2.45) is 11.1 Å². The smallest absolute Gasteiger partial charge is 0.269 e. The van der Waals surface area contributed by atoms with E-state index >= 15 is 0 Å². The van der Waals surface area contributed by atoms with Crippen LogP contribution in [0.4, 0.5) is 5.82 Å². The summed E-state index contributed by atoms with van der Waals surface area (Å²) in [5.41, 5.74) is 7.87. The highest BCUT2D eigenvalue weighted by Crippen LogP contribution is 2.59. The van der Waals surface area contributed by atoms with E-state index < -0.39 is 11.9 Å². The Bertz CT molecular complexity index is 1710. The van der Waals surface area contributed by atoms with Crippen LogP contribution in [0.25, 0.3) is 22.2 Å². The second-order valence-corrected chi connectivity index (χ2v) is 11.3. The van der Waals surface area contributed by atoms with Crippen LogP contribution in [-0.4, -0.2) is 69.4 Å². The van der Waals surface area contributed by atoms with Crippen molar-refractivity contribution in [3.05, 3.63) is 52.7 Å². The number of amides is 3. The fourth-order valence-corrected chi connectivity index (χ4v) is 5.86. The van der Waals surface area contributed by atoms with Crippen LogP contribution >= 0.6 is 15.9 Å². The first kappa shape index (κ1) is 25.9. The van der Waals surface area contributed by atoms with Gasteiger partial charge in [-0.2, -0.15) is 5.10 Å². The molecule has 4 aromatic rings. The summed E-state index contributed by atoms with van der Waals surface area (Å²) in [4.78, 5) is 62.4. The van der Waals surface area contributed by atoms with Crippen molar-refractivity contribution in [2.75, 3.05) is 5.32 Å². The van der Waals surface area contributed by atoms with Crippen LogP contribution in [0.15, 0.2) is 35.5 Å². The van der Waals surface area contributed by atoms with Gasteiger partial charge in [-0.25, -0.2) is 15.0 Å². The van der Waals surface area contributed by atoms with Crippen molar-refractivity contribution in [1.82, 2.24) is 39.6 Å². The van der Waals surface area contributed by atoms with E-state index in [0.29, 0.717) is 44.7 Å². The van der Waals surface area contributed by atoms with Gasteiger partial charge >= 0.3 is 0 Å². The van der Waals surface area contributed by atoms with Crippen molar-refractivity contribution in [3.8, 4) is 11.3 Å². The normalized spacial score (nSPS) is 21.4. The Labute approximate surface area is 236 Å². The SMILES string of the molecule is Cc1ncc(-c2cc3c(C(N)=O)nn(CC(=O)N4[C@H](C(=O)Nc5cncc(Br)n5)C[C@@]5(C)C[C@@H]45)c3c(C)n2)cn1. The molecule has 13 nitrogen and oxygen atoms in total. The summed E-state index contributed by atoms with van der Waals surface area (Å²) in [5, 5.41) is 7.66. The van der Waals surface area contributed by atoms with E-state index in [1.165, 1.54) is 17.1 Å². The molecule has 3 atom stereocenters. The Kier molecular flexibility index (Phi) is 6.09. The van der Waals surface area contributed by atoms with Gasteiger partial charge in [0.05, 0.1) is 29.3 Å². The first-order valence-corrected chi connectivity index (χ1v) is 13.4. The number of hydrogen-bond acceptors (Lipinski definition) is 9. The molecule has 6 rings (SSSR count). The number of carbonyl (C=O) groups excluding carboxylic acids is 3. The second kappa shape index (κ2) is 9.40. The molecular formula is C26H25BrN10O3. The Morgan fingerprint density at radius 2 is 1.88 bits per heavy atom. The van der Waals surface area contributed by atoms with E-state index in [4.69, 9.17) is 5.73 Å². The molecule has 2 aliphatic rings. The first-order valence-electron chi connectivity index (χ1n) is 12.6. The number of aromatic nitrogens is 7. The summed E-state index contributed by atoms with van der Waals surface area (Å²) in [6.45, 7) is 5.44. The minimum absolute atomic E-state index is 0.0304. The van der Waals surface area contributed by atoms with E-state index in [0.717, 1.165) is 6.42 Å². The summed E-state index contributed by atoms with van der Waals surface area (Å²) >= 11 is 3.25. The fourth-order valence-electron chi connectivity index (χ4n) is 5.55. The van der Waals surface area contributed by atoms with E-state index in [9.17, 15) is 14.4 Å². The number of rotatable bonds is 6. The van der Waals surface area contributed by atoms with Gasteiger partial charge in [-0.15, -0.1) is 0 Å². The maximum absolute atomic E-state index is 13.8. The topological polar surface area (TPSA) is 175 Å². The fraction of sp³-hybridized carbons (Fsp3) is 0.346. The van der Waals surface area contributed by atoms with Crippen molar-refractivity contribution >= 4 is 50.4 Å². The number of primary amides is 1. The number of halogens is 1. The molecular weight excluding hydrogens is 580 g/mol. The van der Waals surface area contributed by atoms with Crippen LogP contribution in [0.2, 0.25) is 0 Å². The Balaban J connectivity index is 1.32. The van der Waals surface area contributed by atoms with E-state index in [1.54, 1.807) is 37.2 Å². The third-order valence-electron chi connectivity index (χ3n) is 7.58. The van der Waals surface area contributed by atoms with E-state index in [2.05, 4.69) is 58.2 Å². The molecule has 0 aromatic carbocycles. The van der Waals surface area contributed by atoms with Gasteiger partial charge in [0, 0.05) is 29.4 Å². The zero-order valence-electron chi connectivity index (χ0n) is 21.9. The number of nitrogens with two attached hydrogens (primary N) is 1. The van der Waals surface area contributed by atoms with Gasteiger partial charge in [0.15, 0.2) is 11.5 Å². The molecule has 3 amide bonds. The molecule has 1 aliphatic carbocycles. The lowest BCUT2D eigenvalue weighted by Crippen LogP contribution is -2.46. The van der Waals surface area contributed by atoms with Gasteiger partial charge in [-0.1, -0.05) is 6.92 Å². The number of piperidine rings is 1. The number of nitrogens with one attached hydrogen (secondary N) is 1. The van der Waals surface area contributed by atoms with Crippen molar-refractivity contribution in [1.29, 1.82) is 0 Å². The molecule has 0 radical (unpaired) electrons. The zero-order chi connectivity index (χ0) is 28.3. The van der Waals surface area contributed by atoms with E-state index in [-0.39, 0.29) is 41.3 Å². The molecule has 1 aliphatic heterocycles.